The average Bonchev–Trinajstić information content (AvgIpc) is 2.69. The van der Waals surface area contributed by atoms with Crippen molar-refractivity contribution in [1.29, 1.82) is 5.26 Å². The largest absolute Gasteiger partial charge is 0.493 e. The van der Waals surface area contributed by atoms with Crippen molar-refractivity contribution in [2.75, 3.05) is 6.61 Å². The van der Waals surface area contributed by atoms with Gasteiger partial charge in [-0.1, -0.05) is 38.3 Å². The van der Waals surface area contributed by atoms with E-state index < -0.39 is 11.6 Å². The van der Waals surface area contributed by atoms with Gasteiger partial charge in [0.2, 0.25) is 0 Å². The van der Waals surface area contributed by atoms with E-state index in [9.17, 15) is 8.78 Å². The fourth-order valence-corrected chi connectivity index (χ4v) is 3.61. The highest BCUT2D eigenvalue weighted by atomic mass is 19.2. The van der Waals surface area contributed by atoms with Gasteiger partial charge < -0.3 is 4.74 Å². The Hall–Kier alpha value is -2.41. The minimum Gasteiger partial charge on any atom is -0.493 e. The van der Waals surface area contributed by atoms with Gasteiger partial charge in [0.05, 0.1) is 12.2 Å². The van der Waals surface area contributed by atoms with Crippen LogP contribution in [0.5, 0.6) is 5.75 Å². The maximum atomic E-state index is 14.1. The molecule has 0 unspecified atom stereocenters. The molecular weight excluding hydrogens is 332 g/mol. The third kappa shape index (κ3) is 4.04. The average molecular weight is 355 g/mol. The molecular formula is C22H23F2NO. The van der Waals surface area contributed by atoms with E-state index in [4.69, 9.17) is 10.00 Å². The van der Waals surface area contributed by atoms with Gasteiger partial charge in [-0.25, -0.2) is 8.78 Å². The maximum Gasteiger partial charge on any atom is 0.177 e. The number of benzene rings is 2. The molecule has 26 heavy (non-hydrogen) atoms. The topological polar surface area (TPSA) is 33.0 Å². The predicted molar refractivity (Wildman–Crippen MR) is 97.7 cm³/mol. The second-order valence-corrected chi connectivity index (χ2v) is 7.03. The van der Waals surface area contributed by atoms with Crippen LogP contribution >= 0.6 is 0 Å². The molecule has 2 aromatic carbocycles. The van der Waals surface area contributed by atoms with Crippen LogP contribution in [-0.2, 0) is 0 Å². The smallest absolute Gasteiger partial charge is 0.177 e. The number of hydrogen-bond donors (Lipinski definition) is 0. The lowest BCUT2D eigenvalue weighted by atomic mass is 9.81. The van der Waals surface area contributed by atoms with Gasteiger partial charge in [0.15, 0.2) is 11.6 Å². The first kappa shape index (κ1) is 18.4. The molecule has 2 aromatic rings. The lowest BCUT2D eigenvalue weighted by Crippen LogP contribution is -2.19. The van der Waals surface area contributed by atoms with Gasteiger partial charge in [-0.15, -0.1) is 0 Å². The van der Waals surface area contributed by atoms with E-state index in [0.717, 1.165) is 11.7 Å². The molecule has 0 amide bonds. The summed E-state index contributed by atoms with van der Waals surface area (Å²) in [5.41, 5.74) is 0.414. The molecule has 3 rings (SSSR count). The lowest BCUT2D eigenvalue weighted by molar-refractivity contribution is 0.181. The van der Waals surface area contributed by atoms with Crippen LogP contribution in [0.4, 0.5) is 8.78 Å². The summed E-state index contributed by atoms with van der Waals surface area (Å²) < 4.78 is 33.8. The first-order chi connectivity index (χ1) is 12.6. The molecule has 0 radical (unpaired) electrons. The van der Waals surface area contributed by atoms with Crippen LogP contribution in [0.1, 0.15) is 44.6 Å². The Morgan fingerprint density at radius 2 is 1.62 bits per heavy atom. The Kier molecular flexibility index (Phi) is 5.88. The number of rotatable bonds is 5. The molecule has 1 aliphatic rings. The van der Waals surface area contributed by atoms with E-state index in [2.05, 4.69) is 6.92 Å². The monoisotopic (exact) mass is 355 g/mol. The summed E-state index contributed by atoms with van der Waals surface area (Å²) >= 11 is 0. The van der Waals surface area contributed by atoms with E-state index in [1.54, 1.807) is 30.3 Å². The fourth-order valence-electron chi connectivity index (χ4n) is 3.61. The second kappa shape index (κ2) is 8.31. The highest BCUT2D eigenvalue weighted by Crippen LogP contribution is 2.32. The zero-order chi connectivity index (χ0) is 18.5. The van der Waals surface area contributed by atoms with Gasteiger partial charge in [-0.2, -0.15) is 5.26 Å². The molecule has 1 saturated carbocycles. The van der Waals surface area contributed by atoms with Crippen molar-refractivity contribution in [2.45, 2.75) is 39.0 Å². The van der Waals surface area contributed by atoms with Crippen LogP contribution in [-0.4, -0.2) is 6.61 Å². The van der Waals surface area contributed by atoms with Crippen LogP contribution in [0.25, 0.3) is 11.1 Å². The normalized spacial score (nSPS) is 19.8. The number of nitrogens with zero attached hydrogens (tertiary/aromatic N) is 1. The minimum absolute atomic E-state index is 0.144. The van der Waals surface area contributed by atoms with Crippen molar-refractivity contribution in [2.24, 2.45) is 11.8 Å². The molecule has 1 fully saturated rings. The van der Waals surface area contributed by atoms with Crippen LogP contribution in [0.15, 0.2) is 36.4 Å². The summed E-state index contributed by atoms with van der Waals surface area (Å²) in [5, 5.41) is 8.76. The number of halogens is 2. The molecule has 0 saturated heterocycles. The number of hydrogen-bond acceptors (Lipinski definition) is 2. The molecule has 2 nitrogen and oxygen atoms in total. The Bertz CT molecular complexity index is 787. The Balaban J connectivity index is 1.63. The lowest BCUT2D eigenvalue weighted by Gasteiger charge is -2.27. The molecule has 136 valence electrons. The van der Waals surface area contributed by atoms with Crippen molar-refractivity contribution >= 4 is 0 Å². The molecule has 0 aliphatic heterocycles. The standard InChI is InChI=1S/C22H23F2NO/c1-2-15-3-5-16(6-4-15)14-26-19-10-7-17(8-11-19)20-12-9-18(13-25)21(23)22(20)24/h7-12,15-16H,2-6,14H2,1H3. The zero-order valence-corrected chi connectivity index (χ0v) is 15.0. The van der Waals surface area contributed by atoms with Crippen LogP contribution < -0.4 is 4.74 Å². The SMILES string of the molecule is CCC1CCC(COc2ccc(-c3ccc(C#N)c(F)c3F)cc2)CC1. The third-order valence-electron chi connectivity index (χ3n) is 5.40. The van der Waals surface area contributed by atoms with Crippen molar-refractivity contribution in [1.82, 2.24) is 0 Å². The predicted octanol–water partition coefficient (Wildman–Crippen LogP) is 6.10. The van der Waals surface area contributed by atoms with E-state index in [1.165, 1.54) is 44.2 Å². The highest BCUT2D eigenvalue weighted by molar-refractivity contribution is 5.66. The molecule has 0 heterocycles. The summed E-state index contributed by atoms with van der Waals surface area (Å²) in [6.07, 6.45) is 6.26. The molecule has 0 spiro atoms. The van der Waals surface area contributed by atoms with E-state index in [0.29, 0.717) is 18.1 Å². The van der Waals surface area contributed by atoms with Gasteiger partial charge >= 0.3 is 0 Å². The van der Waals surface area contributed by atoms with Gasteiger partial charge in [0.25, 0.3) is 0 Å². The van der Waals surface area contributed by atoms with Crippen LogP contribution in [0.2, 0.25) is 0 Å². The summed E-state index contributed by atoms with van der Waals surface area (Å²) in [7, 11) is 0. The second-order valence-electron chi connectivity index (χ2n) is 7.03. The number of ether oxygens (including phenoxy) is 1. The molecule has 0 bridgehead atoms. The maximum absolute atomic E-state index is 14.1. The zero-order valence-electron chi connectivity index (χ0n) is 15.0. The molecule has 1 aliphatic carbocycles. The van der Waals surface area contributed by atoms with E-state index >= 15 is 0 Å². The van der Waals surface area contributed by atoms with Crippen molar-refractivity contribution in [3.8, 4) is 22.9 Å². The fraction of sp³-hybridized carbons (Fsp3) is 0.409. The summed E-state index contributed by atoms with van der Waals surface area (Å²) in [4.78, 5) is 0. The quantitative estimate of drug-likeness (QED) is 0.649. The van der Waals surface area contributed by atoms with E-state index in [1.807, 2.05) is 0 Å². The van der Waals surface area contributed by atoms with Crippen molar-refractivity contribution in [3.63, 3.8) is 0 Å². The van der Waals surface area contributed by atoms with Gasteiger partial charge in [-0.3, -0.25) is 0 Å². The summed E-state index contributed by atoms with van der Waals surface area (Å²) in [6, 6.07) is 11.4. The number of nitriles is 1. The molecule has 0 N–H and O–H groups in total. The minimum atomic E-state index is -1.10. The Labute approximate surface area is 153 Å². The third-order valence-corrected chi connectivity index (χ3v) is 5.40. The van der Waals surface area contributed by atoms with Crippen LogP contribution in [0.3, 0.4) is 0 Å². The molecule has 0 aromatic heterocycles. The first-order valence-corrected chi connectivity index (χ1v) is 9.23. The summed E-state index contributed by atoms with van der Waals surface area (Å²) in [5.74, 6) is 0.107. The van der Waals surface area contributed by atoms with E-state index in [-0.39, 0.29) is 11.1 Å². The Morgan fingerprint density at radius 1 is 0.962 bits per heavy atom. The molecule has 0 atom stereocenters. The van der Waals surface area contributed by atoms with Gasteiger partial charge in [-0.05, 0) is 54.5 Å². The summed E-state index contributed by atoms with van der Waals surface area (Å²) in [6.45, 7) is 2.96. The molecule has 4 heteroatoms. The van der Waals surface area contributed by atoms with Crippen molar-refractivity contribution in [3.05, 3.63) is 53.6 Å². The highest BCUT2D eigenvalue weighted by Gasteiger charge is 2.20. The first-order valence-electron chi connectivity index (χ1n) is 9.23. The van der Waals surface area contributed by atoms with Gasteiger partial charge in [0.1, 0.15) is 11.8 Å². The van der Waals surface area contributed by atoms with Gasteiger partial charge in [0, 0.05) is 5.56 Å². The van der Waals surface area contributed by atoms with Crippen LogP contribution in [0, 0.1) is 34.8 Å². The Morgan fingerprint density at radius 3 is 2.23 bits per heavy atom. The van der Waals surface area contributed by atoms with Crippen molar-refractivity contribution < 1.29 is 13.5 Å².